The van der Waals surface area contributed by atoms with E-state index in [-0.39, 0.29) is 23.8 Å². The first-order chi connectivity index (χ1) is 16.0. The zero-order chi connectivity index (χ0) is 23.8. The molecule has 0 bridgehead atoms. The van der Waals surface area contributed by atoms with E-state index in [2.05, 4.69) is 31.2 Å². The number of nitrogens with zero attached hydrogens (tertiary/aromatic N) is 2. The Kier molecular flexibility index (Phi) is 8.52. The summed E-state index contributed by atoms with van der Waals surface area (Å²) in [6.07, 6.45) is 1.77. The van der Waals surface area contributed by atoms with Gasteiger partial charge in [0, 0.05) is 16.6 Å². The van der Waals surface area contributed by atoms with E-state index in [1.807, 2.05) is 43.3 Å². The summed E-state index contributed by atoms with van der Waals surface area (Å²) in [5.74, 6) is 0.424. The van der Waals surface area contributed by atoms with Crippen LogP contribution in [0.2, 0.25) is 0 Å². The first-order valence-corrected chi connectivity index (χ1v) is 12.0. The number of rotatable bonds is 9. The molecule has 1 amide bonds. The Balaban J connectivity index is 1.85. The summed E-state index contributed by atoms with van der Waals surface area (Å²) in [5.41, 5.74) is 1.08. The fourth-order valence-electron chi connectivity index (χ4n) is 2.94. The molecule has 33 heavy (non-hydrogen) atoms. The van der Waals surface area contributed by atoms with Crippen LogP contribution in [0.15, 0.2) is 56.9 Å². The number of thioether (sulfide) groups is 1. The molecule has 0 spiro atoms. The van der Waals surface area contributed by atoms with Gasteiger partial charge in [0.2, 0.25) is 0 Å². The lowest BCUT2D eigenvalue weighted by Crippen LogP contribution is -2.28. The third kappa shape index (κ3) is 6.15. The van der Waals surface area contributed by atoms with Crippen molar-refractivity contribution in [1.82, 2.24) is 15.3 Å². The number of aromatic nitrogens is 2. The monoisotopic (exact) mass is 528 g/mol. The van der Waals surface area contributed by atoms with E-state index < -0.39 is 5.56 Å². The zero-order valence-electron chi connectivity index (χ0n) is 18.0. The summed E-state index contributed by atoms with van der Waals surface area (Å²) < 4.78 is 11.9. The van der Waals surface area contributed by atoms with Crippen molar-refractivity contribution in [3.8, 4) is 28.8 Å². The summed E-state index contributed by atoms with van der Waals surface area (Å²) in [6.45, 7) is 2.35. The van der Waals surface area contributed by atoms with Crippen LogP contribution in [-0.4, -0.2) is 35.3 Å². The third-order valence-corrected chi connectivity index (χ3v) is 5.72. The highest BCUT2D eigenvalue weighted by Gasteiger charge is 2.19. The van der Waals surface area contributed by atoms with Crippen molar-refractivity contribution in [3.05, 3.63) is 68.4 Å². The second kappa shape index (κ2) is 11.5. The number of ether oxygens (including phenoxy) is 2. The predicted molar refractivity (Wildman–Crippen MR) is 129 cm³/mol. The topological polar surface area (TPSA) is 117 Å². The average molecular weight is 529 g/mol. The van der Waals surface area contributed by atoms with E-state index >= 15 is 0 Å². The maximum absolute atomic E-state index is 12.3. The molecule has 1 heterocycles. The normalized spacial score (nSPS) is 10.4. The Bertz CT molecular complexity index is 1240. The molecule has 0 fully saturated rings. The summed E-state index contributed by atoms with van der Waals surface area (Å²) >= 11 is 4.72. The maximum Gasteiger partial charge on any atom is 0.270 e. The second-order valence-electron chi connectivity index (χ2n) is 6.67. The molecule has 3 aromatic rings. The quantitative estimate of drug-likeness (QED) is 0.319. The summed E-state index contributed by atoms with van der Waals surface area (Å²) in [4.78, 5) is 31.5. The van der Waals surface area contributed by atoms with Crippen molar-refractivity contribution in [2.75, 3.05) is 19.5 Å². The largest absolute Gasteiger partial charge is 0.490 e. The van der Waals surface area contributed by atoms with Gasteiger partial charge in [-0.25, -0.2) is 4.98 Å². The number of nitrogens with one attached hydrogen (secondary N) is 2. The van der Waals surface area contributed by atoms with Crippen LogP contribution >= 0.6 is 27.7 Å². The van der Waals surface area contributed by atoms with E-state index in [9.17, 15) is 14.9 Å². The van der Waals surface area contributed by atoms with Crippen molar-refractivity contribution in [2.24, 2.45) is 0 Å². The van der Waals surface area contributed by atoms with Crippen molar-refractivity contribution in [3.63, 3.8) is 0 Å². The SMILES string of the molecule is CCOc1cc(-c2nc(SC)[nH]c(=O)c2C#N)c(Br)cc1OCC(=O)NCc1ccccc1. The Hall–Kier alpha value is -3.29. The lowest BCUT2D eigenvalue weighted by Gasteiger charge is -2.15. The summed E-state index contributed by atoms with van der Waals surface area (Å²) in [6, 6.07) is 14.7. The van der Waals surface area contributed by atoms with Gasteiger partial charge in [-0.1, -0.05) is 42.1 Å². The van der Waals surface area contributed by atoms with Gasteiger partial charge in [0.25, 0.3) is 11.5 Å². The highest BCUT2D eigenvalue weighted by Crippen LogP contribution is 2.39. The van der Waals surface area contributed by atoms with Crippen molar-refractivity contribution < 1.29 is 14.3 Å². The Morgan fingerprint density at radius 2 is 1.97 bits per heavy atom. The molecular formula is C23H21BrN4O4S. The standard InChI is InChI=1S/C23H21BrN4O4S/c1-3-31-18-9-15(21-16(11-25)22(30)28-23(27-21)33-2)17(24)10-19(18)32-13-20(29)26-12-14-7-5-4-6-8-14/h4-10H,3,12-13H2,1-2H3,(H,26,29)(H,27,28,30). The minimum atomic E-state index is -0.521. The van der Waals surface area contributed by atoms with Gasteiger partial charge in [0.15, 0.2) is 23.3 Å². The smallest absolute Gasteiger partial charge is 0.270 e. The highest BCUT2D eigenvalue weighted by atomic mass is 79.9. The lowest BCUT2D eigenvalue weighted by molar-refractivity contribution is -0.123. The molecule has 2 aromatic carbocycles. The number of benzene rings is 2. The molecule has 2 N–H and O–H groups in total. The first kappa shape index (κ1) is 24.4. The molecule has 3 rings (SSSR count). The van der Waals surface area contributed by atoms with Crippen molar-refractivity contribution in [2.45, 2.75) is 18.6 Å². The molecule has 0 radical (unpaired) electrons. The van der Waals surface area contributed by atoms with Crippen LogP contribution in [-0.2, 0) is 11.3 Å². The van der Waals surface area contributed by atoms with Crippen LogP contribution in [0.3, 0.4) is 0 Å². The van der Waals surface area contributed by atoms with Gasteiger partial charge in [-0.15, -0.1) is 0 Å². The van der Waals surface area contributed by atoms with Gasteiger partial charge in [0.1, 0.15) is 11.6 Å². The molecule has 0 unspecified atom stereocenters. The molecule has 0 aliphatic rings. The number of hydrogen-bond acceptors (Lipinski definition) is 7. The number of carbonyl (C=O) groups is 1. The van der Waals surface area contributed by atoms with Crippen molar-refractivity contribution in [1.29, 1.82) is 5.26 Å². The first-order valence-electron chi connectivity index (χ1n) is 9.95. The molecule has 10 heteroatoms. The molecule has 0 aliphatic carbocycles. The van der Waals surface area contributed by atoms with Gasteiger partial charge in [-0.2, -0.15) is 5.26 Å². The lowest BCUT2D eigenvalue weighted by atomic mass is 10.1. The second-order valence-corrected chi connectivity index (χ2v) is 8.32. The van der Waals surface area contributed by atoms with Crippen LogP contribution in [0.1, 0.15) is 18.1 Å². The third-order valence-electron chi connectivity index (χ3n) is 4.48. The van der Waals surface area contributed by atoms with Crippen LogP contribution < -0.4 is 20.3 Å². The molecular weight excluding hydrogens is 508 g/mol. The summed E-state index contributed by atoms with van der Waals surface area (Å²) in [7, 11) is 0. The molecule has 0 aliphatic heterocycles. The van der Waals surface area contributed by atoms with Crippen LogP contribution in [0.25, 0.3) is 11.3 Å². The zero-order valence-corrected chi connectivity index (χ0v) is 20.4. The Labute approximate surface area is 203 Å². The van der Waals surface area contributed by atoms with E-state index in [1.165, 1.54) is 11.8 Å². The highest BCUT2D eigenvalue weighted by molar-refractivity contribution is 9.10. The Morgan fingerprint density at radius 1 is 1.24 bits per heavy atom. The van der Waals surface area contributed by atoms with E-state index in [0.717, 1.165) is 5.56 Å². The number of H-pyrrole nitrogens is 1. The number of hydrogen-bond donors (Lipinski definition) is 2. The number of amides is 1. The van der Waals surface area contributed by atoms with Crippen LogP contribution in [0.5, 0.6) is 11.5 Å². The van der Waals surface area contributed by atoms with Gasteiger partial charge in [-0.3, -0.25) is 9.59 Å². The molecule has 0 saturated heterocycles. The van der Waals surface area contributed by atoms with Gasteiger partial charge < -0.3 is 19.8 Å². The van der Waals surface area contributed by atoms with Gasteiger partial charge in [-0.05, 0) is 46.8 Å². The molecule has 0 saturated carbocycles. The fraction of sp³-hybridized carbons (Fsp3) is 0.217. The molecule has 1 aromatic heterocycles. The van der Waals surface area contributed by atoms with E-state index in [1.54, 1.807) is 18.4 Å². The fourth-order valence-corrected chi connectivity index (χ4v) is 3.82. The molecule has 170 valence electrons. The maximum atomic E-state index is 12.3. The average Bonchev–Trinajstić information content (AvgIpc) is 2.82. The predicted octanol–water partition coefficient (Wildman–Crippen LogP) is 3.89. The molecule has 8 nitrogen and oxygen atoms in total. The minimum absolute atomic E-state index is 0.107. The minimum Gasteiger partial charge on any atom is -0.490 e. The van der Waals surface area contributed by atoms with Gasteiger partial charge in [0.05, 0.1) is 12.3 Å². The number of nitriles is 1. The number of aromatic amines is 1. The van der Waals surface area contributed by atoms with E-state index in [0.29, 0.717) is 39.8 Å². The van der Waals surface area contributed by atoms with Crippen molar-refractivity contribution >= 4 is 33.6 Å². The van der Waals surface area contributed by atoms with Gasteiger partial charge >= 0.3 is 0 Å². The van der Waals surface area contributed by atoms with Crippen LogP contribution in [0.4, 0.5) is 0 Å². The summed E-state index contributed by atoms with van der Waals surface area (Å²) in [5, 5.41) is 12.7. The van der Waals surface area contributed by atoms with E-state index in [4.69, 9.17) is 9.47 Å². The number of halogens is 1. The number of carbonyl (C=O) groups excluding carboxylic acids is 1. The molecule has 0 atom stereocenters. The van der Waals surface area contributed by atoms with Crippen LogP contribution in [0, 0.1) is 11.3 Å². The Morgan fingerprint density at radius 3 is 2.64 bits per heavy atom.